The Labute approximate surface area is 119 Å². The average Bonchev–Trinajstić information content (AvgIpc) is 2.38. The first kappa shape index (κ1) is 13.9. The van der Waals surface area contributed by atoms with Crippen LogP contribution in [0.25, 0.3) is 0 Å². The van der Waals surface area contributed by atoms with Crippen LogP contribution in [0.3, 0.4) is 0 Å². The van der Waals surface area contributed by atoms with Crippen LogP contribution in [0.1, 0.15) is 0 Å². The number of nitro groups is 1. The number of anilines is 3. The van der Waals surface area contributed by atoms with Crippen molar-refractivity contribution in [1.82, 2.24) is 4.98 Å². The summed E-state index contributed by atoms with van der Waals surface area (Å²) in [6.45, 7) is 0. The molecule has 0 bridgehead atoms. The molecule has 20 heavy (non-hydrogen) atoms. The van der Waals surface area contributed by atoms with Gasteiger partial charge in [-0.3, -0.25) is 10.1 Å². The van der Waals surface area contributed by atoms with Gasteiger partial charge < -0.3 is 15.8 Å². The monoisotopic (exact) mass is 294 g/mol. The number of nitrogen functional groups attached to an aromatic ring is 1. The van der Waals surface area contributed by atoms with Crippen LogP contribution in [0.2, 0.25) is 5.02 Å². The number of aromatic nitrogens is 1. The number of pyridine rings is 1. The summed E-state index contributed by atoms with van der Waals surface area (Å²) in [6, 6.07) is 7.84. The Kier molecular flexibility index (Phi) is 3.90. The smallest absolute Gasteiger partial charge is 0.311 e. The fraction of sp³-hybridized carbons (Fsp3) is 0.0833. The van der Waals surface area contributed by atoms with Gasteiger partial charge in [0.25, 0.3) is 0 Å². The summed E-state index contributed by atoms with van der Waals surface area (Å²) < 4.78 is 5.04. The van der Waals surface area contributed by atoms with Crippen LogP contribution in [0, 0.1) is 10.1 Å². The maximum absolute atomic E-state index is 10.6. The highest BCUT2D eigenvalue weighted by Gasteiger charge is 2.13. The molecule has 0 aliphatic rings. The van der Waals surface area contributed by atoms with Crippen LogP contribution in [0.15, 0.2) is 30.3 Å². The van der Waals surface area contributed by atoms with Gasteiger partial charge in [-0.25, -0.2) is 4.98 Å². The second-order valence-electron chi connectivity index (χ2n) is 3.83. The van der Waals surface area contributed by atoms with Crippen molar-refractivity contribution in [2.75, 3.05) is 18.2 Å². The third-order valence-electron chi connectivity index (χ3n) is 2.52. The molecule has 1 heterocycles. The number of nitrogens with zero attached hydrogens (tertiary/aromatic N) is 2. The van der Waals surface area contributed by atoms with E-state index in [1.807, 2.05) is 0 Å². The predicted molar refractivity (Wildman–Crippen MR) is 76.6 cm³/mol. The van der Waals surface area contributed by atoms with E-state index in [1.54, 1.807) is 18.2 Å². The Morgan fingerprint density at radius 1 is 1.40 bits per heavy atom. The number of hydrogen-bond donors (Lipinski definition) is 2. The first-order valence-electron chi connectivity index (χ1n) is 5.52. The van der Waals surface area contributed by atoms with Crippen molar-refractivity contribution in [2.24, 2.45) is 0 Å². The Morgan fingerprint density at radius 3 is 2.70 bits per heavy atom. The SMILES string of the molecule is COc1ccc(Nc2ccc([N+](=O)[O-])c(N)n2)cc1Cl. The molecular weight excluding hydrogens is 284 g/mol. The first-order valence-corrected chi connectivity index (χ1v) is 5.90. The summed E-state index contributed by atoms with van der Waals surface area (Å²) >= 11 is 5.99. The van der Waals surface area contributed by atoms with Gasteiger partial charge in [0.05, 0.1) is 17.1 Å². The van der Waals surface area contributed by atoms with Gasteiger partial charge in [0.2, 0.25) is 5.82 Å². The lowest BCUT2D eigenvalue weighted by molar-refractivity contribution is -0.384. The number of methoxy groups -OCH3 is 1. The van der Waals surface area contributed by atoms with E-state index >= 15 is 0 Å². The van der Waals surface area contributed by atoms with Crippen molar-refractivity contribution >= 4 is 34.6 Å². The van der Waals surface area contributed by atoms with Crippen LogP contribution >= 0.6 is 11.6 Å². The molecule has 0 unspecified atom stereocenters. The van der Waals surface area contributed by atoms with Gasteiger partial charge >= 0.3 is 5.69 Å². The van der Waals surface area contributed by atoms with Crippen LogP contribution in [-0.2, 0) is 0 Å². The molecule has 2 aromatic rings. The fourth-order valence-corrected chi connectivity index (χ4v) is 1.84. The van der Waals surface area contributed by atoms with Crippen LogP contribution in [-0.4, -0.2) is 17.0 Å². The van der Waals surface area contributed by atoms with Crippen LogP contribution < -0.4 is 15.8 Å². The van der Waals surface area contributed by atoms with Crippen molar-refractivity contribution < 1.29 is 9.66 Å². The largest absolute Gasteiger partial charge is 0.495 e. The molecule has 0 aliphatic carbocycles. The third kappa shape index (κ3) is 2.89. The van der Waals surface area contributed by atoms with Gasteiger partial charge in [0, 0.05) is 11.8 Å². The fourth-order valence-electron chi connectivity index (χ4n) is 1.58. The van der Waals surface area contributed by atoms with Crippen molar-refractivity contribution in [3.63, 3.8) is 0 Å². The highest BCUT2D eigenvalue weighted by Crippen LogP contribution is 2.29. The number of ether oxygens (including phenoxy) is 1. The standard InChI is InChI=1S/C12H11ClN4O3/c1-20-10-4-2-7(6-8(10)13)15-11-5-3-9(17(18)19)12(14)16-11/h2-6H,1H3,(H3,14,15,16). The number of hydrogen-bond acceptors (Lipinski definition) is 6. The van der Waals surface area contributed by atoms with E-state index in [2.05, 4.69) is 10.3 Å². The molecule has 8 heteroatoms. The molecule has 3 N–H and O–H groups in total. The zero-order valence-electron chi connectivity index (χ0n) is 10.5. The number of benzene rings is 1. The van der Waals surface area contributed by atoms with E-state index in [0.29, 0.717) is 22.3 Å². The van der Waals surface area contributed by atoms with Gasteiger partial charge in [0.15, 0.2) is 0 Å². The van der Waals surface area contributed by atoms with E-state index in [1.165, 1.54) is 19.2 Å². The van der Waals surface area contributed by atoms with Crippen molar-refractivity contribution in [2.45, 2.75) is 0 Å². The molecule has 7 nitrogen and oxygen atoms in total. The Balaban J connectivity index is 2.24. The zero-order chi connectivity index (χ0) is 14.7. The van der Waals surface area contributed by atoms with Gasteiger partial charge in [-0.1, -0.05) is 11.6 Å². The summed E-state index contributed by atoms with van der Waals surface area (Å²) in [5.41, 5.74) is 5.94. The number of nitrogens with two attached hydrogens (primary N) is 1. The summed E-state index contributed by atoms with van der Waals surface area (Å²) in [6.07, 6.45) is 0. The Bertz CT molecular complexity index is 663. The van der Waals surface area contributed by atoms with Gasteiger partial charge in [-0.2, -0.15) is 0 Å². The van der Waals surface area contributed by atoms with Crippen molar-refractivity contribution in [1.29, 1.82) is 0 Å². The minimum atomic E-state index is -0.587. The molecule has 0 saturated heterocycles. The molecule has 2 rings (SSSR count). The van der Waals surface area contributed by atoms with E-state index in [0.717, 1.165) is 0 Å². The van der Waals surface area contributed by atoms with E-state index in [4.69, 9.17) is 22.1 Å². The molecule has 1 aromatic heterocycles. The summed E-state index contributed by atoms with van der Waals surface area (Å²) in [7, 11) is 1.52. The molecule has 0 radical (unpaired) electrons. The summed E-state index contributed by atoms with van der Waals surface area (Å²) in [5, 5.41) is 14.0. The number of nitrogens with one attached hydrogen (secondary N) is 1. The van der Waals surface area contributed by atoms with Gasteiger partial charge in [0.1, 0.15) is 11.6 Å². The van der Waals surface area contributed by atoms with E-state index in [9.17, 15) is 10.1 Å². The van der Waals surface area contributed by atoms with Crippen molar-refractivity contribution in [3.05, 3.63) is 45.5 Å². The maximum Gasteiger partial charge on any atom is 0.311 e. The highest BCUT2D eigenvalue weighted by molar-refractivity contribution is 6.32. The topological polar surface area (TPSA) is 103 Å². The molecule has 0 atom stereocenters. The molecule has 0 amide bonds. The highest BCUT2D eigenvalue weighted by atomic mass is 35.5. The minimum Gasteiger partial charge on any atom is -0.495 e. The lowest BCUT2D eigenvalue weighted by Crippen LogP contribution is -2.01. The van der Waals surface area contributed by atoms with Gasteiger partial charge in [-0.15, -0.1) is 0 Å². The second kappa shape index (κ2) is 5.62. The lowest BCUT2D eigenvalue weighted by Gasteiger charge is -2.08. The minimum absolute atomic E-state index is 0.153. The Hall–Kier alpha value is -2.54. The van der Waals surface area contributed by atoms with E-state index in [-0.39, 0.29) is 11.5 Å². The molecule has 0 aliphatic heterocycles. The normalized spacial score (nSPS) is 10.1. The maximum atomic E-state index is 10.6. The molecule has 0 fully saturated rings. The average molecular weight is 295 g/mol. The second-order valence-corrected chi connectivity index (χ2v) is 4.24. The van der Waals surface area contributed by atoms with E-state index < -0.39 is 4.92 Å². The molecular formula is C12H11ClN4O3. The number of rotatable bonds is 4. The van der Waals surface area contributed by atoms with Gasteiger partial charge in [-0.05, 0) is 24.3 Å². The first-order chi connectivity index (χ1) is 9.51. The molecule has 104 valence electrons. The summed E-state index contributed by atoms with van der Waals surface area (Å²) in [4.78, 5) is 14.0. The Morgan fingerprint density at radius 2 is 2.15 bits per heavy atom. The summed E-state index contributed by atoms with van der Waals surface area (Å²) in [5.74, 6) is 0.780. The predicted octanol–water partition coefficient (Wildman–Crippen LogP) is 2.98. The molecule has 0 saturated carbocycles. The van der Waals surface area contributed by atoms with Crippen LogP contribution in [0.4, 0.5) is 23.0 Å². The van der Waals surface area contributed by atoms with Crippen molar-refractivity contribution in [3.8, 4) is 5.75 Å². The quantitative estimate of drug-likeness (QED) is 0.663. The molecule has 1 aromatic carbocycles. The zero-order valence-corrected chi connectivity index (χ0v) is 11.2. The molecule has 0 spiro atoms. The number of halogens is 1. The third-order valence-corrected chi connectivity index (χ3v) is 2.82. The van der Waals surface area contributed by atoms with Crippen LogP contribution in [0.5, 0.6) is 5.75 Å². The lowest BCUT2D eigenvalue weighted by atomic mass is 10.3.